The minimum atomic E-state index is -0.199. The summed E-state index contributed by atoms with van der Waals surface area (Å²) in [5.41, 5.74) is 0. The first-order valence-electron chi connectivity index (χ1n) is 4.26. The molecule has 68 valence electrons. The minimum Gasteiger partial charge on any atom is -0.464 e. The lowest BCUT2D eigenvalue weighted by atomic mass is 10.2. The number of nitrogens with zero attached hydrogens (tertiary/aromatic N) is 1. The maximum absolute atomic E-state index is 10.9. The van der Waals surface area contributed by atoms with E-state index in [0.717, 1.165) is 12.8 Å². The van der Waals surface area contributed by atoms with Crippen LogP contribution in [0, 0.1) is 17.2 Å². The normalized spacial score (nSPS) is 11.8. The summed E-state index contributed by atoms with van der Waals surface area (Å²) in [7, 11) is 0. The van der Waals surface area contributed by atoms with E-state index in [1.54, 1.807) is 6.92 Å². The van der Waals surface area contributed by atoms with Crippen molar-refractivity contribution in [2.45, 2.75) is 33.1 Å². The number of carbonyl (C=O) groups excluding carboxylic acids is 1. The van der Waals surface area contributed by atoms with Gasteiger partial charge in [-0.25, -0.2) is 0 Å². The van der Waals surface area contributed by atoms with Gasteiger partial charge in [-0.15, -0.1) is 0 Å². The van der Waals surface area contributed by atoms with Crippen molar-refractivity contribution in [3.05, 3.63) is 0 Å². The van der Waals surface area contributed by atoms with Gasteiger partial charge in [0.15, 0.2) is 0 Å². The topological polar surface area (TPSA) is 50.1 Å². The number of hydrogen-bond acceptors (Lipinski definition) is 3. The maximum atomic E-state index is 10.9. The second-order valence-electron chi connectivity index (χ2n) is 2.82. The monoisotopic (exact) mass is 169 g/mol. The average Bonchev–Trinajstić information content (AvgIpc) is 2.10. The SMILES string of the molecule is CCCCC(=O)OCC(C)C#N. The van der Waals surface area contributed by atoms with Gasteiger partial charge in [0.1, 0.15) is 6.61 Å². The number of rotatable bonds is 5. The number of carbonyl (C=O) groups is 1. The molecule has 0 radical (unpaired) electrons. The highest BCUT2D eigenvalue weighted by Crippen LogP contribution is 1.99. The summed E-state index contributed by atoms with van der Waals surface area (Å²) in [5.74, 6) is -0.394. The second-order valence-corrected chi connectivity index (χ2v) is 2.82. The first-order chi connectivity index (χ1) is 5.70. The van der Waals surface area contributed by atoms with E-state index in [2.05, 4.69) is 0 Å². The lowest BCUT2D eigenvalue weighted by molar-refractivity contribution is -0.144. The highest BCUT2D eigenvalue weighted by Gasteiger charge is 2.04. The Kier molecular flexibility index (Phi) is 6.08. The Labute approximate surface area is 73.3 Å². The van der Waals surface area contributed by atoms with E-state index in [1.807, 2.05) is 13.0 Å². The molecule has 3 nitrogen and oxygen atoms in total. The van der Waals surface area contributed by atoms with Crippen LogP contribution in [0.5, 0.6) is 0 Å². The van der Waals surface area contributed by atoms with Crippen molar-refractivity contribution >= 4 is 5.97 Å². The van der Waals surface area contributed by atoms with Gasteiger partial charge < -0.3 is 4.74 Å². The molecule has 0 spiro atoms. The summed E-state index contributed by atoms with van der Waals surface area (Å²) in [6, 6.07) is 2.00. The molecule has 3 heteroatoms. The Morgan fingerprint density at radius 2 is 2.33 bits per heavy atom. The molecule has 0 aliphatic carbocycles. The number of hydrogen-bond donors (Lipinski definition) is 0. The Morgan fingerprint density at radius 1 is 1.67 bits per heavy atom. The fraction of sp³-hybridized carbons (Fsp3) is 0.778. The molecule has 0 amide bonds. The van der Waals surface area contributed by atoms with E-state index >= 15 is 0 Å². The van der Waals surface area contributed by atoms with Crippen LogP contribution in [-0.2, 0) is 9.53 Å². The van der Waals surface area contributed by atoms with Crippen LogP contribution in [0.15, 0.2) is 0 Å². The van der Waals surface area contributed by atoms with Crippen molar-refractivity contribution in [2.75, 3.05) is 6.61 Å². The van der Waals surface area contributed by atoms with Gasteiger partial charge in [0, 0.05) is 6.42 Å². The van der Waals surface area contributed by atoms with Crippen LogP contribution in [0.4, 0.5) is 0 Å². The summed E-state index contributed by atoms with van der Waals surface area (Å²) in [6.45, 7) is 3.97. The first kappa shape index (κ1) is 11.0. The predicted molar refractivity (Wildman–Crippen MR) is 45.3 cm³/mol. The summed E-state index contributed by atoms with van der Waals surface area (Å²) < 4.78 is 4.84. The summed E-state index contributed by atoms with van der Waals surface area (Å²) in [5, 5.41) is 8.38. The maximum Gasteiger partial charge on any atom is 0.305 e. The van der Waals surface area contributed by atoms with Crippen molar-refractivity contribution in [3.63, 3.8) is 0 Å². The zero-order valence-corrected chi connectivity index (χ0v) is 7.67. The molecule has 0 aliphatic heterocycles. The van der Waals surface area contributed by atoms with Crippen LogP contribution in [0.1, 0.15) is 33.1 Å². The standard InChI is InChI=1S/C9H15NO2/c1-3-4-5-9(11)12-7-8(2)6-10/h8H,3-5,7H2,1-2H3. The van der Waals surface area contributed by atoms with Crippen LogP contribution >= 0.6 is 0 Å². The Balaban J connectivity index is 3.39. The third-order valence-corrected chi connectivity index (χ3v) is 1.45. The van der Waals surface area contributed by atoms with Gasteiger partial charge in [-0.3, -0.25) is 4.79 Å². The molecule has 0 heterocycles. The van der Waals surface area contributed by atoms with Crippen molar-refractivity contribution < 1.29 is 9.53 Å². The van der Waals surface area contributed by atoms with E-state index in [4.69, 9.17) is 10.00 Å². The number of nitriles is 1. The van der Waals surface area contributed by atoms with Gasteiger partial charge in [-0.2, -0.15) is 5.26 Å². The Hall–Kier alpha value is -1.04. The molecule has 1 atom stereocenters. The van der Waals surface area contributed by atoms with Crippen LogP contribution in [0.25, 0.3) is 0 Å². The molecule has 0 bridgehead atoms. The fourth-order valence-electron chi connectivity index (χ4n) is 0.648. The van der Waals surface area contributed by atoms with Crippen LogP contribution < -0.4 is 0 Å². The van der Waals surface area contributed by atoms with Gasteiger partial charge in [0.2, 0.25) is 0 Å². The van der Waals surface area contributed by atoms with E-state index in [1.165, 1.54) is 0 Å². The van der Waals surface area contributed by atoms with Gasteiger partial charge in [0.25, 0.3) is 0 Å². The highest BCUT2D eigenvalue weighted by atomic mass is 16.5. The molecule has 0 aromatic heterocycles. The molecule has 0 fully saturated rings. The number of unbranched alkanes of at least 4 members (excludes halogenated alkanes) is 1. The predicted octanol–water partition coefficient (Wildman–Crippen LogP) is 1.88. The van der Waals surface area contributed by atoms with Crippen molar-refractivity contribution in [3.8, 4) is 6.07 Å². The highest BCUT2D eigenvalue weighted by molar-refractivity contribution is 5.69. The zero-order valence-electron chi connectivity index (χ0n) is 7.67. The quantitative estimate of drug-likeness (QED) is 0.590. The fourth-order valence-corrected chi connectivity index (χ4v) is 0.648. The molecule has 0 saturated carbocycles. The molecule has 0 saturated heterocycles. The molecule has 0 aliphatic rings. The second kappa shape index (κ2) is 6.66. The van der Waals surface area contributed by atoms with Gasteiger partial charge in [0.05, 0.1) is 12.0 Å². The number of ether oxygens (including phenoxy) is 1. The molecule has 0 N–H and O–H groups in total. The van der Waals surface area contributed by atoms with E-state index in [0.29, 0.717) is 6.42 Å². The van der Waals surface area contributed by atoms with Crippen molar-refractivity contribution in [2.24, 2.45) is 5.92 Å². The van der Waals surface area contributed by atoms with Gasteiger partial charge in [-0.1, -0.05) is 13.3 Å². The largest absolute Gasteiger partial charge is 0.464 e. The molecule has 0 rings (SSSR count). The van der Waals surface area contributed by atoms with Crippen LogP contribution in [0.2, 0.25) is 0 Å². The van der Waals surface area contributed by atoms with E-state index in [9.17, 15) is 4.79 Å². The minimum absolute atomic E-state index is 0.195. The molecule has 1 unspecified atom stereocenters. The Bertz CT molecular complexity index is 172. The van der Waals surface area contributed by atoms with E-state index < -0.39 is 0 Å². The smallest absolute Gasteiger partial charge is 0.305 e. The summed E-state index contributed by atoms with van der Waals surface area (Å²) in [4.78, 5) is 10.9. The van der Waals surface area contributed by atoms with Gasteiger partial charge in [-0.05, 0) is 13.3 Å². The van der Waals surface area contributed by atoms with E-state index in [-0.39, 0.29) is 18.5 Å². The zero-order chi connectivity index (χ0) is 9.40. The molecular weight excluding hydrogens is 154 g/mol. The third kappa shape index (κ3) is 5.72. The number of esters is 1. The van der Waals surface area contributed by atoms with Crippen LogP contribution in [0.3, 0.4) is 0 Å². The molecule has 0 aromatic carbocycles. The van der Waals surface area contributed by atoms with Crippen molar-refractivity contribution in [1.29, 1.82) is 5.26 Å². The van der Waals surface area contributed by atoms with Crippen LogP contribution in [-0.4, -0.2) is 12.6 Å². The summed E-state index contributed by atoms with van der Waals surface area (Å²) >= 11 is 0. The molecular formula is C9H15NO2. The van der Waals surface area contributed by atoms with Gasteiger partial charge >= 0.3 is 5.97 Å². The van der Waals surface area contributed by atoms with Crippen molar-refractivity contribution in [1.82, 2.24) is 0 Å². The molecule has 12 heavy (non-hydrogen) atoms. The average molecular weight is 169 g/mol. The third-order valence-electron chi connectivity index (χ3n) is 1.45. The Morgan fingerprint density at radius 3 is 2.83 bits per heavy atom. The first-order valence-corrected chi connectivity index (χ1v) is 4.26. The summed E-state index contributed by atoms with van der Waals surface area (Å²) in [6.07, 6.45) is 2.32. The lowest BCUT2D eigenvalue weighted by Crippen LogP contribution is -2.10. The lowest BCUT2D eigenvalue weighted by Gasteiger charge is -2.04. The molecule has 0 aromatic rings.